The van der Waals surface area contributed by atoms with E-state index in [1.807, 2.05) is 25.9 Å². The molecule has 0 aliphatic carbocycles. The number of nitrogens with zero attached hydrogens (tertiary/aromatic N) is 1. The van der Waals surface area contributed by atoms with Crippen LogP contribution in [0.3, 0.4) is 0 Å². The van der Waals surface area contributed by atoms with Crippen LogP contribution in [0.5, 0.6) is 0 Å². The van der Waals surface area contributed by atoms with Gasteiger partial charge in [-0.1, -0.05) is 11.2 Å². The van der Waals surface area contributed by atoms with E-state index in [9.17, 15) is 4.55 Å². The lowest BCUT2D eigenvalue weighted by Crippen LogP contribution is -2.22. The first-order valence-corrected chi connectivity index (χ1v) is 4.65. The molecule has 0 aromatic rings. The Kier molecular flexibility index (Phi) is 5.24. The molecule has 2 nitrogen and oxygen atoms in total. The summed E-state index contributed by atoms with van der Waals surface area (Å²) in [6.45, 7) is 2.88. The molecule has 3 heteroatoms. The molecule has 0 aliphatic heterocycles. The quantitative estimate of drug-likeness (QED) is 0.538. The maximum absolute atomic E-state index is 10.8. The van der Waals surface area contributed by atoms with Crippen molar-refractivity contribution in [3.05, 3.63) is 0 Å². The van der Waals surface area contributed by atoms with Crippen LogP contribution in [-0.4, -0.2) is 41.6 Å². The van der Waals surface area contributed by atoms with E-state index in [1.54, 1.807) is 0 Å². The predicted octanol–water partition coefficient (Wildman–Crippen LogP) is 0.317. The summed E-state index contributed by atoms with van der Waals surface area (Å²) in [4.78, 5) is 2.05. The first-order valence-electron chi connectivity index (χ1n) is 3.16. The SMILES string of the molecule is CC[S+]([O-])CCN(C)C. The third-order valence-electron chi connectivity index (χ3n) is 1.09. The van der Waals surface area contributed by atoms with Gasteiger partial charge in [0.25, 0.3) is 0 Å². The lowest BCUT2D eigenvalue weighted by molar-refractivity contribution is 0.432. The molecule has 0 bridgehead atoms. The zero-order valence-corrected chi connectivity index (χ0v) is 7.20. The van der Waals surface area contributed by atoms with Crippen molar-refractivity contribution in [1.29, 1.82) is 0 Å². The van der Waals surface area contributed by atoms with Crippen LogP contribution in [0.2, 0.25) is 0 Å². The van der Waals surface area contributed by atoms with E-state index in [1.165, 1.54) is 0 Å². The minimum Gasteiger partial charge on any atom is -0.616 e. The highest BCUT2D eigenvalue weighted by molar-refractivity contribution is 7.91. The Morgan fingerprint density at radius 2 is 2.00 bits per heavy atom. The first-order chi connectivity index (χ1) is 4.16. The largest absolute Gasteiger partial charge is 0.616 e. The van der Waals surface area contributed by atoms with Crippen LogP contribution in [0.4, 0.5) is 0 Å². The molecular formula is C6H15NOS. The van der Waals surface area contributed by atoms with Crippen molar-refractivity contribution in [2.24, 2.45) is 0 Å². The van der Waals surface area contributed by atoms with E-state index in [0.29, 0.717) is 0 Å². The Labute approximate surface area is 60.4 Å². The van der Waals surface area contributed by atoms with Gasteiger partial charge in [-0.15, -0.1) is 0 Å². The fraction of sp³-hybridized carbons (Fsp3) is 1.00. The van der Waals surface area contributed by atoms with E-state index in [-0.39, 0.29) is 0 Å². The minimum absolute atomic E-state index is 0.589. The molecule has 0 amide bonds. The minimum atomic E-state index is -0.589. The highest BCUT2D eigenvalue weighted by atomic mass is 32.2. The fourth-order valence-corrected chi connectivity index (χ4v) is 1.29. The molecule has 0 radical (unpaired) electrons. The molecule has 0 heterocycles. The Morgan fingerprint density at radius 1 is 1.44 bits per heavy atom. The van der Waals surface area contributed by atoms with Crippen molar-refractivity contribution in [3.63, 3.8) is 0 Å². The first kappa shape index (κ1) is 9.27. The van der Waals surface area contributed by atoms with Crippen molar-refractivity contribution >= 4 is 11.2 Å². The standard InChI is InChI=1S/C6H15NOS/c1-4-9(8)6-5-7(2)3/h4-6H2,1-3H3. The normalized spacial score (nSPS) is 14.3. The molecule has 0 saturated heterocycles. The van der Waals surface area contributed by atoms with Crippen molar-refractivity contribution in [1.82, 2.24) is 4.90 Å². The van der Waals surface area contributed by atoms with E-state index in [4.69, 9.17) is 0 Å². The summed E-state index contributed by atoms with van der Waals surface area (Å²) < 4.78 is 10.8. The van der Waals surface area contributed by atoms with Crippen LogP contribution < -0.4 is 0 Å². The molecule has 0 saturated carbocycles. The van der Waals surface area contributed by atoms with Gasteiger partial charge in [-0.3, -0.25) is 0 Å². The third kappa shape index (κ3) is 6.15. The summed E-state index contributed by atoms with van der Waals surface area (Å²) in [6, 6.07) is 0. The summed E-state index contributed by atoms with van der Waals surface area (Å²) >= 11 is -0.589. The molecule has 0 fully saturated rings. The zero-order chi connectivity index (χ0) is 7.28. The lowest BCUT2D eigenvalue weighted by Gasteiger charge is -2.11. The fourth-order valence-electron chi connectivity index (χ4n) is 0.429. The van der Waals surface area contributed by atoms with Gasteiger partial charge in [0.15, 0.2) is 0 Å². The highest BCUT2D eigenvalue weighted by Gasteiger charge is 2.00. The second-order valence-corrected chi connectivity index (χ2v) is 4.10. The third-order valence-corrected chi connectivity index (χ3v) is 2.37. The summed E-state index contributed by atoms with van der Waals surface area (Å²) in [6.07, 6.45) is 0. The maximum Gasteiger partial charge on any atom is 0.118 e. The molecule has 1 atom stereocenters. The Bertz CT molecular complexity index is 68.1. The van der Waals surface area contributed by atoms with E-state index in [0.717, 1.165) is 18.1 Å². The molecule has 56 valence electrons. The molecule has 0 aliphatic rings. The molecule has 0 N–H and O–H groups in total. The molecule has 0 aromatic carbocycles. The van der Waals surface area contributed by atoms with E-state index < -0.39 is 11.2 Å². The van der Waals surface area contributed by atoms with Crippen molar-refractivity contribution in [2.45, 2.75) is 6.92 Å². The van der Waals surface area contributed by atoms with Gasteiger partial charge in [0, 0.05) is 6.54 Å². The smallest absolute Gasteiger partial charge is 0.118 e. The van der Waals surface area contributed by atoms with Crippen molar-refractivity contribution < 1.29 is 4.55 Å². The predicted molar refractivity (Wildman–Crippen MR) is 42.1 cm³/mol. The number of hydrogen-bond acceptors (Lipinski definition) is 2. The Morgan fingerprint density at radius 3 is 2.33 bits per heavy atom. The van der Waals surface area contributed by atoms with Crippen molar-refractivity contribution in [3.8, 4) is 0 Å². The van der Waals surface area contributed by atoms with Crippen LogP contribution in [0, 0.1) is 0 Å². The van der Waals surface area contributed by atoms with Gasteiger partial charge in [0.1, 0.15) is 11.5 Å². The molecule has 9 heavy (non-hydrogen) atoms. The molecule has 1 unspecified atom stereocenters. The van der Waals surface area contributed by atoms with E-state index >= 15 is 0 Å². The molecule has 0 aromatic heterocycles. The molecule has 0 spiro atoms. The molecule has 0 rings (SSSR count). The Hall–Kier alpha value is 0.270. The van der Waals surface area contributed by atoms with Crippen molar-refractivity contribution in [2.75, 3.05) is 32.1 Å². The zero-order valence-electron chi connectivity index (χ0n) is 6.39. The van der Waals surface area contributed by atoms with Crippen LogP contribution in [0.15, 0.2) is 0 Å². The van der Waals surface area contributed by atoms with Gasteiger partial charge in [0.2, 0.25) is 0 Å². The molecular weight excluding hydrogens is 134 g/mol. The monoisotopic (exact) mass is 149 g/mol. The summed E-state index contributed by atoms with van der Waals surface area (Å²) in [5.74, 6) is 1.59. The average Bonchev–Trinajstić information content (AvgIpc) is 1.83. The summed E-state index contributed by atoms with van der Waals surface area (Å²) in [5, 5.41) is 0. The topological polar surface area (TPSA) is 26.3 Å². The van der Waals surface area contributed by atoms with Gasteiger partial charge < -0.3 is 9.45 Å². The number of rotatable bonds is 4. The van der Waals surface area contributed by atoms with Gasteiger partial charge in [-0.05, 0) is 21.0 Å². The number of hydrogen-bond donors (Lipinski definition) is 0. The van der Waals surface area contributed by atoms with Crippen LogP contribution in [-0.2, 0) is 11.2 Å². The lowest BCUT2D eigenvalue weighted by atomic mass is 10.7. The highest BCUT2D eigenvalue weighted by Crippen LogP contribution is 1.89. The average molecular weight is 149 g/mol. The Balaban J connectivity index is 3.06. The van der Waals surface area contributed by atoms with Crippen LogP contribution >= 0.6 is 0 Å². The van der Waals surface area contributed by atoms with Crippen LogP contribution in [0.1, 0.15) is 6.92 Å². The van der Waals surface area contributed by atoms with Gasteiger partial charge in [0.05, 0.1) is 0 Å². The summed E-state index contributed by atoms with van der Waals surface area (Å²) in [5.41, 5.74) is 0. The van der Waals surface area contributed by atoms with Crippen LogP contribution in [0.25, 0.3) is 0 Å². The summed E-state index contributed by atoms with van der Waals surface area (Å²) in [7, 11) is 3.99. The van der Waals surface area contributed by atoms with Gasteiger partial charge in [-0.25, -0.2) is 0 Å². The maximum atomic E-state index is 10.8. The second kappa shape index (κ2) is 5.09. The second-order valence-electron chi connectivity index (χ2n) is 2.24. The van der Waals surface area contributed by atoms with Gasteiger partial charge in [-0.2, -0.15) is 0 Å². The van der Waals surface area contributed by atoms with E-state index in [2.05, 4.69) is 0 Å². The van der Waals surface area contributed by atoms with Gasteiger partial charge >= 0.3 is 0 Å².